The average Bonchev–Trinajstić information content (AvgIpc) is 2.81. The molecule has 2 aromatic rings. The molecule has 0 fully saturated rings. The van der Waals surface area contributed by atoms with Crippen molar-refractivity contribution in [1.82, 2.24) is 4.90 Å². The van der Waals surface area contributed by atoms with Crippen LogP contribution in [-0.4, -0.2) is 40.6 Å². The molecule has 1 aromatic heterocycles. The van der Waals surface area contributed by atoms with E-state index in [9.17, 15) is 8.42 Å². The minimum Gasteiger partial charge on any atom is -0.491 e. The van der Waals surface area contributed by atoms with Crippen LogP contribution < -0.4 is 9.46 Å². The monoisotopic (exact) mass is 472 g/mol. The first-order valence-corrected chi connectivity index (χ1v) is 10.6. The summed E-state index contributed by atoms with van der Waals surface area (Å²) in [6, 6.07) is 6.25. The van der Waals surface area contributed by atoms with Crippen molar-refractivity contribution < 1.29 is 13.2 Å². The molecule has 1 aromatic carbocycles. The van der Waals surface area contributed by atoms with E-state index in [0.29, 0.717) is 38.4 Å². The molecule has 0 saturated heterocycles. The molecule has 0 bridgehead atoms. The summed E-state index contributed by atoms with van der Waals surface area (Å²) < 4.78 is 33.9. The van der Waals surface area contributed by atoms with E-state index in [0.717, 1.165) is 11.3 Å². The number of thiophene rings is 1. The van der Waals surface area contributed by atoms with Gasteiger partial charge in [-0.1, -0.05) is 23.2 Å². The van der Waals surface area contributed by atoms with E-state index in [1.807, 2.05) is 19.0 Å². The molecule has 0 spiro atoms. The van der Waals surface area contributed by atoms with Gasteiger partial charge in [-0.15, -0.1) is 11.3 Å². The van der Waals surface area contributed by atoms with Gasteiger partial charge < -0.3 is 9.64 Å². The fraction of sp³-hybridized carbons (Fsp3) is 0.286. The van der Waals surface area contributed by atoms with Gasteiger partial charge in [0.25, 0.3) is 10.0 Å². The highest BCUT2D eigenvalue weighted by atomic mass is 79.9. The molecule has 24 heavy (non-hydrogen) atoms. The molecule has 10 heteroatoms. The van der Waals surface area contributed by atoms with E-state index >= 15 is 0 Å². The van der Waals surface area contributed by atoms with E-state index in [4.69, 9.17) is 27.9 Å². The Morgan fingerprint density at radius 2 is 2.00 bits per heavy atom. The Bertz CT molecular complexity index is 825. The van der Waals surface area contributed by atoms with Gasteiger partial charge in [-0.3, -0.25) is 4.72 Å². The van der Waals surface area contributed by atoms with Gasteiger partial charge in [0.1, 0.15) is 12.4 Å². The number of halogens is 3. The lowest BCUT2D eigenvalue weighted by atomic mass is 10.3. The minimum absolute atomic E-state index is 0.109. The van der Waals surface area contributed by atoms with Gasteiger partial charge in [-0.25, -0.2) is 8.42 Å². The molecular weight excluding hydrogens is 459 g/mol. The van der Waals surface area contributed by atoms with Crippen LogP contribution in [0.4, 0.5) is 5.69 Å². The molecule has 0 unspecified atom stereocenters. The number of hydrogen-bond donors (Lipinski definition) is 1. The number of sulfonamides is 1. The zero-order valence-electron chi connectivity index (χ0n) is 12.8. The fourth-order valence-corrected chi connectivity index (χ4v) is 5.96. The van der Waals surface area contributed by atoms with Crippen molar-refractivity contribution in [2.75, 3.05) is 32.0 Å². The van der Waals surface area contributed by atoms with E-state index in [1.165, 1.54) is 0 Å². The maximum Gasteiger partial charge on any atom is 0.272 e. The van der Waals surface area contributed by atoms with Gasteiger partial charge >= 0.3 is 0 Å². The van der Waals surface area contributed by atoms with Crippen LogP contribution in [-0.2, 0) is 10.0 Å². The van der Waals surface area contributed by atoms with Gasteiger partial charge in [0.15, 0.2) is 4.21 Å². The molecule has 0 radical (unpaired) electrons. The lowest BCUT2D eigenvalue weighted by Crippen LogP contribution is -2.19. The molecule has 0 aliphatic rings. The van der Waals surface area contributed by atoms with Crippen molar-refractivity contribution in [2.45, 2.75) is 4.21 Å². The summed E-state index contributed by atoms with van der Waals surface area (Å²) in [7, 11) is 0.104. The Balaban J connectivity index is 2.19. The summed E-state index contributed by atoms with van der Waals surface area (Å²) in [4.78, 5) is 1.97. The number of nitrogens with one attached hydrogen (secondary N) is 1. The van der Waals surface area contributed by atoms with E-state index in [-0.39, 0.29) is 4.21 Å². The molecule has 0 saturated carbocycles. The van der Waals surface area contributed by atoms with Crippen molar-refractivity contribution in [3.05, 3.63) is 38.1 Å². The highest BCUT2D eigenvalue weighted by Crippen LogP contribution is 2.36. The van der Waals surface area contributed by atoms with Gasteiger partial charge in [0.05, 0.1) is 19.5 Å². The maximum atomic E-state index is 12.5. The molecule has 1 N–H and O–H groups in total. The van der Waals surface area contributed by atoms with Crippen LogP contribution in [0.3, 0.4) is 0 Å². The molecule has 0 aliphatic carbocycles. The predicted octanol–water partition coefficient (Wildman–Crippen LogP) is 4.56. The predicted molar refractivity (Wildman–Crippen MR) is 103 cm³/mol. The lowest BCUT2D eigenvalue weighted by molar-refractivity contribution is 0.261. The van der Waals surface area contributed by atoms with Gasteiger partial charge in [0.2, 0.25) is 0 Å². The standard InChI is InChI=1S/C14H15BrCl2N2O3S2/c1-19(2)5-6-22-12-7-9(3-4-11(12)16)18-24(20,21)14-10(15)8-13(17)23-14/h3-4,7-8,18H,5-6H2,1-2H3. The summed E-state index contributed by atoms with van der Waals surface area (Å²) >= 11 is 16.1. The van der Waals surface area contributed by atoms with Crippen LogP contribution >= 0.6 is 50.5 Å². The third-order valence-corrected chi connectivity index (χ3v) is 7.49. The molecule has 2 rings (SSSR count). The van der Waals surface area contributed by atoms with Gasteiger partial charge in [-0.2, -0.15) is 0 Å². The zero-order valence-corrected chi connectivity index (χ0v) is 17.6. The van der Waals surface area contributed by atoms with E-state index in [2.05, 4.69) is 20.7 Å². The fourth-order valence-electron chi connectivity index (χ4n) is 1.73. The second-order valence-corrected chi connectivity index (χ2v) is 9.91. The lowest BCUT2D eigenvalue weighted by Gasteiger charge is -2.13. The Hall–Kier alpha value is -0.510. The van der Waals surface area contributed by atoms with E-state index in [1.54, 1.807) is 24.3 Å². The number of ether oxygens (including phenoxy) is 1. The summed E-state index contributed by atoms with van der Waals surface area (Å²) in [6.07, 6.45) is 0. The van der Waals surface area contributed by atoms with Gasteiger partial charge in [0, 0.05) is 12.6 Å². The first-order chi connectivity index (χ1) is 11.2. The maximum absolute atomic E-state index is 12.5. The van der Waals surface area contributed by atoms with Crippen molar-refractivity contribution in [3.63, 3.8) is 0 Å². The molecule has 132 valence electrons. The number of nitrogens with zero attached hydrogens (tertiary/aromatic N) is 1. The van der Waals surface area contributed by atoms with Crippen molar-refractivity contribution in [2.24, 2.45) is 0 Å². The van der Waals surface area contributed by atoms with Gasteiger partial charge in [-0.05, 0) is 48.2 Å². The highest BCUT2D eigenvalue weighted by molar-refractivity contribution is 9.10. The first-order valence-electron chi connectivity index (χ1n) is 6.74. The third kappa shape index (κ3) is 5.24. The summed E-state index contributed by atoms with van der Waals surface area (Å²) in [5, 5.41) is 0.414. The second kappa shape index (κ2) is 8.25. The van der Waals surface area contributed by atoms with Crippen LogP contribution in [0.5, 0.6) is 5.75 Å². The summed E-state index contributed by atoms with van der Waals surface area (Å²) in [5.41, 5.74) is 0.357. The molecule has 5 nitrogen and oxygen atoms in total. The number of rotatable bonds is 7. The molecule has 0 amide bonds. The largest absolute Gasteiger partial charge is 0.491 e. The Morgan fingerprint density at radius 3 is 2.58 bits per heavy atom. The number of hydrogen-bond acceptors (Lipinski definition) is 5. The molecule has 0 aliphatic heterocycles. The second-order valence-electron chi connectivity index (χ2n) is 5.09. The molecular formula is C14H15BrCl2N2O3S2. The minimum atomic E-state index is -3.76. The quantitative estimate of drug-likeness (QED) is 0.640. The topological polar surface area (TPSA) is 58.6 Å². The average molecular weight is 474 g/mol. The normalized spacial score (nSPS) is 11.8. The van der Waals surface area contributed by atoms with Crippen LogP contribution in [0.1, 0.15) is 0 Å². The van der Waals surface area contributed by atoms with Crippen molar-refractivity contribution in [1.29, 1.82) is 0 Å². The number of likely N-dealkylation sites (N-methyl/N-ethyl adjacent to an activating group) is 1. The first kappa shape index (κ1) is 19.8. The van der Waals surface area contributed by atoms with Crippen LogP contribution in [0.25, 0.3) is 0 Å². The van der Waals surface area contributed by atoms with Crippen LogP contribution in [0.15, 0.2) is 32.9 Å². The Kier molecular flexibility index (Phi) is 6.81. The van der Waals surface area contributed by atoms with E-state index < -0.39 is 10.0 Å². The SMILES string of the molecule is CN(C)CCOc1cc(NS(=O)(=O)c2sc(Cl)cc2Br)ccc1Cl. The van der Waals surface area contributed by atoms with Crippen LogP contribution in [0.2, 0.25) is 9.36 Å². The third-order valence-electron chi connectivity index (χ3n) is 2.85. The zero-order chi connectivity index (χ0) is 17.9. The smallest absolute Gasteiger partial charge is 0.272 e. The summed E-state index contributed by atoms with van der Waals surface area (Å²) in [6.45, 7) is 1.15. The number of anilines is 1. The number of benzene rings is 1. The van der Waals surface area contributed by atoms with Crippen LogP contribution in [0, 0.1) is 0 Å². The Labute approximate surface area is 163 Å². The van der Waals surface area contributed by atoms with Crippen molar-refractivity contribution in [3.8, 4) is 5.75 Å². The van der Waals surface area contributed by atoms with Crippen molar-refractivity contribution >= 4 is 66.2 Å². The Morgan fingerprint density at radius 1 is 1.29 bits per heavy atom. The summed E-state index contributed by atoms with van der Waals surface area (Å²) in [5.74, 6) is 0.419. The highest BCUT2D eigenvalue weighted by Gasteiger charge is 2.21. The molecule has 1 heterocycles. The molecule has 0 atom stereocenters.